The zero-order valence-corrected chi connectivity index (χ0v) is 16.0. The molecule has 0 saturated heterocycles. The lowest BCUT2D eigenvalue weighted by molar-refractivity contribution is -0.126. The predicted octanol–water partition coefficient (Wildman–Crippen LogP) is 2.33. The van der Waals surface area contributed by atoms with Gasteiger partial charge in [-0.3, -0.25) is 14.6 Å². The van der Waals surface area contributed by atoms with Gasteiger partial charge in [-0.15, -0.1) is 10.2 Å². The SMILES string of the molecule is Cc1ccc(NC(=O)c2nnc(COCC(=O)NCc3ccccn3)s2)cc1. The number of pyridine rings is 1. The van der Waals surface area contributed by atoms with E-state index in [9.17, 15) is 9.59 Å². The smallest absolute Gasteiger partial charge is 0.286 e. The minimum atomic E-state index is -0.333. The van der Waals surface area contributed by atoms with Crippen molar-refractivity contribution < 1.29 is 14.3 Å². The molecule has 0 bridgehead atoms. The van der Waals surface area contributed by atoms with E-state index in [2.05, 4.69) is 25.8 Å². The van der Waals surface area contributed by atoms with E-state index in [-0.39, 0.29) is 30.0 Å². The first kappa shape index (κ1) is 19.6. The van der Waals surface area contributed by atoms with Crippen molar-refractivity contribution in [3.8, 4) is 0 Å². The summed E-state index contributed by atoms with van der Waals surface area (Å²) in [7, 11) is 0. The normalized spacial score (nSPS) is 10.5. The Hall–Kier alpha value is -3.17. The fraction of sp³-hybridized carbons (Fsp3) is 0.211. The lowest BCUT2D eigenvalue weighted by Gasteiger charge is -2.04. The topological polar surface area (TPSA) is 106 Å². The van der Waals surface area contributed by atoms with Crippen LogP contribution in [0.25, 0.3) is 0 Å². The highest BCUT2D eigenvalue weighted by atomic mass is 32.1. The molecule has 0 saturated carbocycles. The van der Waals surface area contributed by atoms with E-state index in [1.807, 2.05) is 49.4 Å². The average molecular weight is 397 g/mol. The average Bonchev–Trinajstić information content (AvgIpc) is 3.18. The van der Waals surface area contributed by atoms with Gasteiger partial charge in [-0.25, -0.2) is 0 Å². The number of hydrogen-bond acceptors (Lipinski definition) is 7. The van der Waals surface area contributed by atoms with Gasteiger partial charge < -0.3 is 15.4 Å². The molecule has 0 radical (unpaired) electrons. The van der Waals surface area contributed by atoms with E-state index < -0.39 is 0 Å². The van der Waals surface area contributed by atoms with Gasteiger partial charge in [0.05, 0.1) is 12.2 Å². The predicted molar refractivity (Wildman–Crippen MR) is 105 cm³/mol. The van der Waals surface area contributed by atoms with Crippen LogP contribution in [0, 0.1) is 6.92 Å². The highest BCUT2D eigenvalue weighted by Crippen LogP contribution is 2.14. The monoisotopic (exact) mass is 397 g/mol. The Labute approximate surface area is 166 Å². The first-order valence-electron chi connectivity index (χ1n) is 8.55. The number of hydrogen-bond donors (Lipinski definition) is 2. The molecule has 2 aromatic heterocycles. The molecule has 0 aliphatic heterocycles. The number of ether oxygens (including phenoxy) is 1. The minimum absolute atomic E-state index is 0.104. The maximum atomic E-state index is 12.2. The van der Waals surface area contributed by atoms with Crippen LogP contribution in [0.4, 0.5) is 5.69 Å². The third-order valence-electron chi connectivity index (χ3n) is 3.62. The number of aromatic nitrogens is 3. The number of carbonyl (C=O) groups is 2. The van der Waals surface area contributed by atoms with Gasteiger partial charge in [-0.05, 0) is 31.2 Å². The van der Waals surface area contributed by atoms with Crippen LogP contribution >= 0.6 is 11.3 Å². The molecule has 3 aromatic rings. The van der Waals surface area contributed by atoms with Crippen molar-refractivity contribution in [1.29, 1.82) is 0 Å². The number of anilines is 1. The van der Waals surface area contributed by atoms with E-state index in [1.54, 1.807) is 6.20 Å². The highest BCUT2D eigenvalue weighted by Gasteiger charge is 2.13. The van der Waals surface area contributed by atoms with Crippen LogP contribution in [0.1, 0.15) is 26.1 Å². The molecule has 0 atom stereocenters. The molecule has 28 heavy (non-hydrogen) atoms. The molecule has 2 amide bonds. The van der Waals surface area contributed by atoms with Crippen molar-refractivity contribution in [3.63, 3.8) is 0 Å². The summed E-state index contributed by atoms with van der Waals surface area (Å²) in [6.07, 6.45) is 1.67. The molecular weight excluding hydrogens is 378 g/mol. The molecule has 0 aliphatic rings. The number of nitrogens with zero attached hydrogens (tertiary/aromatic N) is 3. The van der Waals surface area contributed by atoms with Crippen molar-refractivity contribution in [2.45, 2.75) is 20.1 Å². The number of rotatable bonds is 8. The molecule has 144 valence electrons. The first-order valence-corrected chi connectivity index (χ1v) is 9.36. The Bertz CT molecular complexity index is 928. The van der Waals surface area contributed by atoms with E-state index in [1.165, 1.54) is 0 Å². The van der Waals surface area contributed by atoms with Crippen molar-refractivity contribution in [2.24, 2.45) is 0 Å². The zero-order chi connectivity index (χ0) is 19.8. The number of benzene rings is 1. The first-order chi connectivity index (χ1) is 13.6. The number of nitrogens with one attached hydrogen (secondary N) is 2. The molecule has 0 fully saturated rings. The largest absolute Gasteiger partial charge is 0.364 e. The number of aryl methyl sites for hydroxylation is 1. The maximum absolute atomic E-state index is 12.2. The second kappa shape index (κ2) is 9.67. The Kier molecular flexibility index (Phi) is 6.77. The van der Waals surface area contributed by atoms with Crippen molar-refractivity contribution >= 4 is 28.8 Å². The summed E-state index contributed by atoms with van der Waals surface area (Å²) >= 11 is 1.12. The second-order valence-electron chi connectivity index (χ2n) is 5.91. The molecule has 0 aliphatic carbocycles. The number of carbonyl (C=O) groups excluding carboxylic acids is 2. The summed E-state index contributed by atoms with van der Waals surface area (Å²) in [5, 5.41) is 14.0. The van der Waals surface area contributed by atoms with Gasteiger partial charge in [-0.1, -0.05) is 35.1 Å². The molecule has 8 nitrogen and oxygen atoms in total. The third-order valence-corrected chi connectivity index (χ3v) is 4.52. The molecule has 9 heteroatoms. The molecular formula is C19H19N5O3S. The Morgan fingerprint density at radius 1 is 1.11 bits per heavy atom. The third kappa shape index (κ3) is 5.93. The fourth-order valence-electron chi connectivity index (χ4n) is 2.20. The minimum Gasteiger partial charge on any atom is -0.364 e. The molecule has 2 N–H and O–H groups in total. The molecule has 2 heterocycles. The van der Waals surface area contributed by atoms with E-state index >= 15 is 0 Å². The van der Waals surface area contributed by atoms with Gasteiger partial charge >= 0.3 is 0 Å². The van der Waals surface area contributed by atoms with Crippen LogP contribution in [0.15, 0.2) is 48.7 Å². The molecule has 0 spiro atoms. The van der Waals surface area contributed by atoms with Gasteiger partial charge in [0.1, 0.15) is 18.2 Å². The van der Waals surface area contributed by atoms with Crippen LogP contribution in [0.3, 0.4) is 0 Å². The summed E-state index contributed by atoms with van der Waals surface area (Å²) in [5.74, 6) is -0.590. The quantitative estimate of drug-likeness (QED) is 0.604. The van der Waals surface area contributed by atoms with Gasteiger partial charge in [0, 0.05) is 11.9 Å². The zero-order valence-electron chi connectivity index (χ0n) is 15.2. The van der Waals surface area contributed by atoms with Crippen LogP contribution in [0.5, 0.6) is 0 Å². The van der Waals surface area contributed by atoms with Crippen molar-refractivity contribution in [3.05, 3.63) is 69.9 Å². The van der Waals surface area contributed by atoms with Gasteiger partial charge in [0.25, 0.3) is 5.91 Å². The Morgan fingerprint density at radius 2 is 1.93 bits per heavy atom. The van der Waals surface area contributed by atoms with Crippen molar-refractivity contribution in [1.82, 2.24) is 20.5 Å². The van der Waals surface area contributed by atoms with Crippen LogP contribution in [-0.4, -0.2) is 33.6 Å². The summed E-state index contributed by atoms with van der Waals surface area (Å²) in [5.41, 5.74) is 2.56. The molecule has 3 rings (SSSR count). The van der Waals surface area contributed by atoms with Crippen LogP contribution < -0.4 is 10.6 Å². The van der Waals surface area contributed by atoms with Gasteiger partial charge in [-0.2, -0.15) is 0 Å². The second-order valence-corrected chi connectivity index (χ2v) is 6.97. The fourth-order valence-corrected chi connectivity index (χ4v) is 2.87. The summed E-state index contributed by atoms with van der Waals surface area (Å²) < 4.78 is 5.34. The Morgan fingerprint density at radius 3 is 2.68 bits per heavy atom. The maximum Gasteiger partial charge on any atom is 0.286 e. The van der Waals surface area contributed by atoms with Gasteiger partial charge in [0.15, 0.2) is 0 Å². The lowest BCUT2D eigenvalue weighted by atomic mass is 10.2. The lowest BCUT2D eigenvalue weighted by Crippen LogP contribution is -2.27. The van der Waals surface area contributed by atoms with Gasteiger partial charge in [0.2, 0.25) is 10.9 Å². The summed E-state index contributed by atoms with van der Waals surface area (Å²) in [6, 6.07) is 13.0. The highest BCUT2D eigenvalue weighted by molar-refractivity contribution is 7.13. The van der Waals surface area contributed by atoms with E-state index in [0.29, 0.717) is 17.2 Å². The van der Waals surface area contributed by atoms with Crippen LogP contribution in [0.2, 0.25) is 0 Å². The summed E-state index contributed by atoms with van der Waals surface area (Å²) in [6.45, 7) is 2.30. The Balaban J connectivity index is 1.41. The molecule has 1 aromatic carbocycles. The van der Waals surface area contributed by atoms with Crippen LogP contribution in [-0.2, 0) is 22.7 Å². The standard InChI is InChI=1S/C19H19N5O3S/c1-13-5-7-14(8-6-13)22-18(26)19-24-23-17(28-19)12-27-11-16(25)21-10-15-4-2-3-9-20-15/h2-9H,10-12H2,1H3,(H,21,25)(H,22,26). The van der Waals surface area contributed by atoms with E-state index in [4.69, 9.17) is 4.74 Å². The summed E-state index contributed by atoms with van der Waals surface area (Å²) in [4.78, 5) is 28.1. The number of amides is 2. The molecule has 0 unspecified atom stereocenters. The van der Waals surface area contributed by atoms with Crippen molar-refractivity contribution in [2.75, 3.05) is 11.9 Å². The van der Waals surface area contributed by atoms with E-state index in [0.717, 1.165) is 22.6 Å².